The smallest absolute Gasteiger partial charge is 0.295 e. The highest BCUT2D eigenvalue weighted by molar-refractivity contribution is 6.31. The van der Waals surface area contributed by atoms with Crippen molar-refractivity contribution in [2.75, 3.05) is 11.9 Å². The number of nitrogens with zero attached hydrogens (tertiary/aromatic N) is 2. The van der Waals surface area contributed by atoms with Gasteiger partial charge in [-0.2, -0.15) is 0 Å². The second kappa shape index (κ2) is 6.49. The van der Waals surface area contributed by atoms with E-state index in [2.05, 4.69) is 10.3 Å². The molecule has 110 valence electrons. The molecule has 0 saturated carbocycles. The fourth-order valence-corrected chi connectivity index (χ4v) is 1.99. The molecule has 0 spiro atoms. The van der Waals surface area contributed by atoms with Gasteiger partial charge in [-0.1, -0.05) is 18.5 Å². The van der Waals surface area contributed by atoms with Crippen LogP contribution in [0.4, 0.5) is 15.9 Å². The van der Waals surface area contributed by atoms with Crippen LogP contribution in [-0.2, 0) is 0 Å². The van der Waals surface area contributed by atoms with Crippen molar-refractivity contribution in [1.82, 2.24) is 4.98 Å². The Hall–Kier alpha value is -2.21. The number of aromatic nitrogens is 1. The van der Waals surface area contributed by atoms with Crippen LogP contribution in [-0.4, -0.2) is 16.5 Å². The van der Waals surface area contributed by atoms with E-state index in [1.807, 2.05) is 6.92 Å². The molecule has 1 heterocycles. The highest BCUT2D eigenvalue weighted by atomic mass is 35.5. The molecule has 21 heavy (non-hydrogen) atoms. The Morgan fingerprint density at radius 2 is 2.14 bits per heavy atom. The van der Waals surface area contributed by atoms with Crippen LogP contribution < -0.4 is 5.32 Å². The number of nitrogens with one attached hydrogen (secondary N) is 1. The lowest BCUT2D eigenvalue weighted by molar-refractivity contribution is -0.384. The maximum Gasteiger partial charge on any atom is 0.295 e. The first-order valence-corrected chi connectivity index (χ1v) is 6.75. The van der Waals surface area contributed by atoms with Gasteiger partial charge in [0.1, 0.15) is 11.6 Å². The van der Waals surface area contributed by atoms with Crippen LogP contribution in [0.15, 0.2) is 30.3 Å². The van der Waals surface area contributed by atoms with Gasteiger partial charge in [0.25, 0.3) is 5.69 Å². The summed E-state index contributed by atoms with van der Waals surface area (Å²) >= 11 is 5.73. The molecule has 7 heteroatoms. The molecule has 0 amide bonds. The van der Waals surface area contributed by atoms with E-state index in [0.717, 1.165) is 12.5 Å². The summed E-state index contributed by atoms with van der Waals surface area (Å²) in [5.74, 6) is -0.0544. The summed E-state index contributed by atoms with van der Waals surface area (Å²) in [6, 6.07) is 6.82. The third kappa shape index (κ3) is 3.46. The lowest BCUT2D eigenvalue weighted by Crippen LogP contribution is -2.04. The molecule has 0 atom stereocenters. The normalized spacial score (nSPS) is 10.4. The fourth-order valence-electron chi connectivity index (χ4n) is 1.81. The van der Waals surface area contributed by atoms with Crippen LogP contribution >= 0.6 is 11.6 Å². The Kier molecular flexibility index (Phi) is 4.70. The first-order chi connectivity index (χ1) is 10.0. The minimum absolute atomic E-state index is 0.101. The molecule has 0 aliphatic rings. The second-order valence-electron chi connectivity index (χ2n) is 4.38. The molecule has 2 rings (SSSR count). The lowest BCUT2D eigenvalue weighted by Gasteiger charge is -2.08. The Morgan fingerprint density at radius 1 is 1.38 bits per heavy atom. The highest BCUT2D eigenvalue weighted by Gasteiger charge is 2.18. The molecule has 0 bridgehead atoms. The second-order valence-corrected chi connectivity index (χ2v) is 4.78. The van der Waals surface area contributed by atoms with Gasteiger partial charge in [0.2, 0.25) is 0 Å². The van der Waals surface area contributed by atoms with Crippen molar-refractivity contribution in [3.63, 3.8) is 0 Å². The number of hydrogen-bond acceptors (Lipinski definition) is 4. The van der Waals surface area contributed by atoms with E-state index >= 15 is 0 Å². The molecule has 5 nitrogen and oxygen atoms in total. The predicted molar refractivity (Wildman–Crippen MR) is 80.1 cm³/mol. The van der Waals surface area contributed by atoms with Crippen LogP contribution in [0.2, 0.25) is 5.02 Å². The number of benzene rings is 1. The number of nitro groups is 1. The summed E-state index contributed by atoms with van der Waals surface area (Å²) < 4.78 is 13.2. The minimum Gasteiger partial charge on any atom is -0.370 e. The first kappa shape index (κ1) is 15.2. The Morgan fingerprint density at radius 3 is 2.76 bits per heavy atom. The van der Waals surface area contributed by atoms with Crippen molar-refractivity contribution in [2.45, 2.75) is 13.3 Å². The van der Waals surface area contributed by atoms with Crippen molar-refractivity contribution < 1.29 is 9.31 Å². The van der Waals surface area contributed by atoms with Gasteiger partial charge in [0, 0.05) is 18.2 Å². The monoisotopic (exact) mass is 309 g/mol. The minimum atomic E-state index is -0.580. The van der Waals surface area contributed by atoms with Crippen molar-refractivity contribution in [1.29, 1.82) is 0 Å². The molecule has 0 aliphatic carbocycles. The van der Waals surface area contributed by atoms with Gasteiger partial charge < -0.3 is 5.32 Å². The van der Waals surface area contributed by atoms with Crippen LogP contribution in [0.3, 0.4) is 0 Å². The van der Waals surface area contributed by atoms with E-state index in [0.29, 0.717) is 17.9 Å². The summed E-state index contributed by atoms with van der Waals surface area (Å²) in [5, 5.41) is 14.1. The number of rotatable bonds is 5. The molecule has 2 aromatic rings. The van der Waals surface area contributed by atoms with Crippen LogP contribution in [0.5, 0.6) is 0 Å². The topological polar surface area (TPSA) is 68.1 Å². The van der Waals surface area contributed by atoms with Crippen molar-refractivity contribution in [3.8, 4) is 11.3 Å². The zero-order valence-corrected chi connectivity index (χ0v) is 12.0. The number of hydrogen-bond donors (Lipinski definition) is 1. The van der Waals surface area contributed by atoms with Gasteiger partial charge in [-0.15, -0.1) is 0 Å². The van der Waals surface area contributed by atoms with E-state index in [1.54, 1.807) is 6.07 Å². The Balaban J connectivity index is 2.51. The molecule has 0 fully saturated rings. The zero-order chi connectivity index (χ0) is 15.4. The first-order valence-electron chi connectivity index (χ1n) is 6.37. The Bertz CT molecular complexity index is 679. The number of pyridine rings is 1. The molecular formula is C14H13ClFN3O2. The van der Waals surface area contributed by atoms with Gasteiger partial charge in [0.05, 0.1) is 9.95 Å². The fraction of sp³-hybridized carbons (Fsp3) is 0.214. The lowest BCUT2D eigenvalue weighted by atomic mass is 10.1. The zero-order valence-electron chi connectivity index (χ0n) is 11.3. The molecular weight excluding hydrogens is 297 g/mol. The van der Waals surface area contributed by atoms with Crippen LogP contribution in [0.25, 0.3) is 11.3 Å². The summed E-state index contributed by atoms with van der Waals surface area (Å²) in [5.41, 5.74) is 0.399. The quantitative estimate of drug-likeness (QED) is 0.661. The van der Waals surface area contributed by atoms with Crippen LogP contribution in [0, 0.1) is 15.9 Å². The van der Waals surface area contributed by atoms with Gasteiger partial charge in [-0.05, 0) is 30.7 Å². The number of anilines is 1. The summed E-state index contributed by atoms with van der Waals surface area (Å²) in [4.78, 5) is 14.8. The van der Waals surface area contributed by atoms with E-state index in [-0.39, 0.29) is 16.4 Å². The van der Waals surface area contributed by atoms with Gasteiger partial charge in [0.15, 0.2) is 5.69 Å². The maximum atomic E-state index is 13.2. The molecule has 1 aromatic carbocycles. The SMILES string of the molecule is CCCNc1ccc([N+](=O)[O-])c(-c2ccc(F)c(Cl)c2)n1. The summed E-state index contributed by atoms with van der Waals surface area (Å²) in [7, 11) is 0. The molecule has 0 unspecified atom stereocenters. The van der Waals surface area contributed by atoms with Crippen molar-refractivity contribution >= 4 is 23.1 Å². The van der Waals surface area contributed by atoms with Gasteiger partial charge in [-0.3, -0.25) is 10.1 Å². The van der Waals surface area contributed by atoms with E-state index < -0.39 is 10.7 Å². The largest absolute Gasteiger partial charge is 0.370 e. The van der Waals surface area contributed by atoms with Crippen molar-refractivity contribution in [2.24, 2.45) is 0 Å². The van der Waals surface area contributed by atoms with Crippen molar-refractivity contribution in [3.05, 3.63) is 51.3 Å². The average Bonchev–Trinajstić information content (AvgIpc) is 2.47. The predicted octanol–water partition coefficient (Wildman–Crippen LogP) is 4.27. The standard InChI is InChI=1S/C14H13ClFN3O2/c1-2-7-17-13-6-5-12(19(20)21)14(18-13)9-3-4-11(16)10(15)8-9/h3-6,8H,2,7H2,1H3,(H,17,18). The van der Waals surface area contributed by atoms with Gasteiger partial charge in [-0.25, -0.2) is 9.37 Å². The van der Waals surface area contributed by atoms with E-state index in [4.69, 9.17) is 11.6 Å². The molecule has 0 aliphatic heterocycles. The Labute approximate surface area is 125 Å². The molecule has 0 saturated heterocycles. The molecule has 0 radical (unpaired) electrons. The van der Waals surface area contributed by atoms with E-state index in [1.165, 1.54) is 18.2 Å². The van der Waals surface area contributed by atoms with Crippen LogP contribution in [0.1, 0.15) is 13.3 Å². The maximum absolute atomic E-state index is 13.2. The van der Waals surface area contributed by atoms with Gasteiger partial charge >= 0.3 is 0 Å². The molecule has 1 N–H and O–H groups in total. The highest BCUT2D eigenvalue weighted by Crippen LogP contribution is 2.31. The summed E-state index contributed by atoms with van der Waals surface area (Å²) in [6.45, 7) is 2.70. The van der Waals surface area contributed by atoms with E-state index in [9.17, 15) is 14.5 Å². The molecule has 1 aromatic heterocycles. The average molecular weight is 310 g/mol. The number of halogens is 2. The third-order valence-corrected chi connectivity index (χ3v) is 3.11. The summed E-state index contributed by atoms with van der Waals surface area (Å²) in [6.07, 6.45) is 0.899. The third-order valence-electron chi connectivity index (χ3n) is 2.82.